The average Bonchev–Trinajstić information content (AvgIpc) is 2.20. The lowest BCUT2D eigenvalue weighted by atomic mass is 10.1. The minimum absolute atomic E-state index is 0.222. The molecule has 0 saturated heterocycles. The van der Waals surface area contributed by atoms with E-state index in [-0.39, 0.29) is 5.97 Å². The van der Waals surface area contributed by atoms with Crippen LogP contribution in [0.15, 0.2) is 12.2 Å². The summed E-state index contributed by atoms with van der Waals surface area (Å²) in [6.45, 7) is 10.5. The van der Waals surface area contributed by atoms with Crippen LogP contribution >= 0.6 is 0 Å². The molecule has 0 spiro atoms. The molecule has 0 aromatic carbocycles. The zero-order valence-electron chi connectivity index (χ0n) is 10.3. The van der Waals surface area contributed by atoms with E-state index in [0.29, 0.717) is 18.1 Å². The summed E-state index contributed by atoms with van der Waals surface area (Å²) in [5.74, 6) is 0.169. The second-order valence-electron chi connectivity index (χ2n) is 4.41. The summed E-state index contributed by atoms with van der Waals surface area (Å²) in [6.07, 6.45) is 5.44. The van der Waals surface area contributed by atoms with E-state index >= 15 is 0 Å². The van der Waals surface area contributed by atoms with Gasteiger partial charge in [-0.25, -0.2) is 4.79 Å². The topological polar surface area (TPSA) is 26.3 Å². The van der Waals surface area contributed by atoms with Crippen molar-refractivity contribution < 1.29 is 9.53 Å². The van der Waals surface area contributed by atoms with E-state index in [4.69, 9.17) is 4.74 Å². The van der Waals surface area contributed by atoms with Gasteiger partial charge in [0.15, 0.2) is 0 Å². The first-order chi connectivity index (χ1) is 7.07. The summed E-state index contributed by atoms with van der Waals surface area (Å²) >= 11 is 0. The predicted molar refractivity (Wildman–Crippen MR) is 63.7 cm³/mol. The highest BCUT2D eigenvalue weighted by molar-refractivity contribution is 5.87. The van der Waals surface area contributed by atoms with Crippen LogP contribution in [0.1, 0.15) is 52.9 Å². The Hall–Kier alpha value is -0.790. The van der Waals surface area contributed by atoms with Crippen molar-refractivity contribution in [3.8, 4) is 0 Å². The highest BCUT2D eigenvalue weighted by atomic mass is 16.5. The highest BCUT2D eigenvalue weighted by Crippen LogP contribution is 2.10. The Morgan fingerprint density at radius 1 is 1.27 bits per heavy atom. The van der Waals surface area contributed by atoms with Crippen LogP contribution in [0, 0.1) is 5.92 Å². The maximum Gasteiger partial charge on any atom is 0.333 e. The maximum absolute atomic E-state index is 11.4. The molecule has 88 valence electrons. The number of hydrogen-bond donors (Lipinski definition) is 0. The van der Waals surface area contributed by atoms with E-state index in [2.05, 4.69) is 13.5 Å². The van der Waals surface area contributed by atoms with Gasteiger partial charge >= 0.3 is 5.97 Å². The molecule has 0 aromatic heterocycles. The third kappa shape index (κ3) is 8.22. The molecule has 2 heteroatoms. The van der Waals surface area contributed by atoms with Gasteiger partial charge in [0.1, 0.15) is 0 Å². The fraction of sp³-hybridized carbons (Fsp3) is 0.769. The Balaban J connectivity index is 3.56. The van der Waals surface area contributed by atoms with Crippen molar-refractivity contribution in [3.05, 3.63) is 12.2 Å². The third-order valence-corrected chi connectivity index (χ3v) is 2.17. The van der Waals surface area contributed by atoms with Crippen molar-refractivity contribution in [1.29, 1.82) is 0 Å². The fourth-order valence-corrected chi connectivity index (χ4v) is 1.21. The highest BCUT2D eigenvalue weighted by Gasteiger charge is 2.08. The van der Waals surface area contributed by atoms with Crippen LogP contribution in [0.3, 0.4) is 0 Å². The van der Waals surface area contributed by atoms with Gasteiger partial charge in [-0.2, -0.15) is 0 Å². The number of carbonyl (C=O) groups excluding carboxylic acids is 1. The van der Waals surface area contributed by atoms with Crippen molar-refractivity contribution in [1.82, 2.24) is 0 Å². The lowest BCUT2D eigenvalue weighted by molar-refractivity contribution is -0.140. The first kappa shape index (κ1) is 14.2. The molecule has 2 nitrogen and oxygen atoms in total. The summed E-state index contributed by atoms with van der Waals surface area (Å²) in [5.41, 5.74) is 0.617. The van der Waals surface area contributed by atoms with E-state index in [1.165, 1.54) is 19.3 Å². The molecular weight excluding hydrogens is 188 g/mol. The summed E-state index contributed by atoms with van der Waals surface area (Å²) in [5, 5.41) is 0. The molecule has 0 aliphatic heterocycles. The van der Waals surface area contributed by atoms with E-state index in [1.54, 1.807) is 0 Å². The van der Waals surface area contributed by atoms with Gasteiger partial charge in [0.2, 0.25) is 0 Å². The second kappa shape index (κ2) is 8.51. The standard InChI is InChI=1S/C13H24O2/c1-5-6-7-8-9-12(4)13(14)15-10-11(2)3/h11H,4-10H2,1-3H3. The van der Waals surface area contributed by atoms with Gasteiger partial charge in [-0.1, -0.05) is 46.6 Å². The molecule has 0 atom stereocenters. The Morgan fingerprint density at radius 3 is 2.47 bits per heavy atom. The van der Waals surface area contributed by atoms with E-state index in [9.17, 15) is 4.79 Å². The van der Waals surface area contributed by atoms with Crippen molar-refractivity contribution in [3.63, 3.8) is 0 Å². The van der Waals surface area contributed by atoms with Gasteiger partial charge in [0.05, 0.1) is 6.61 Å². The zero-order chi connectivity index (χ0) is 11.7. The van der Waals surface area contributed by atoms with Crippen LogP contribution in [-0.4, -0.2) is 12.6 Å². The molecule has 0 bridgehead atoms. The molecule has 0 rings (SSSR count). The summed E-state index contributed by atoms with van der Waals surface area (Å²) in [7, 11) is 0. The van der Waals surface area contributed by atoms with E-state index < -0.39 is 0 Å². The lowest BCUT2D eigenvalue weighted by Crippen LogP contribution is -2.11. The second-order valence-corrected chi connectivity index (χ2v) is 4.41. The Bertz CT molecular complexity index is 195. The zero-order valence-corrected chi connectivity index (χ0v) is 10.3. The smallest absolute Gasteiger partial charge is 0.333 e. The Morgan fingerprint density at radius 2 is 1.93 bits per heavy atom. The summed E-state index contributed by atoms with van der Waals surface area (Å²) in [6, 6.07) is 0. The fourth-order valence-electron chi connectivity index (χ4n) is 1.21. The van der Waals surface area contributed by atoms with Crippen LogP contribution < -0.4 is 0 Å². The van der Waals surface area contributed by atoms with Crippen LogP contribution in [0.4, 0.5) is 0 Å². The molecular formula is C13H24O2. The monoisotopic (exact) mass is 212 g/mol. The first-order valence-corrected chi connectivity index (χ1v) is 5.92. The van der Waals surface area contributed by atoms with Crippen molar-refractivity contribution in [2.24, 2.45) is 5.92 Å². The number of hydrogen-bond acceptors (Lipinski definition) is 2. The summed E-state index contributed by atoms with van der Waals surface area (Å²) < 4.78 is 5.08. The Labute approximate surface area is 93.7 Å². The molecule has 0 amide bonds. The molecule has 0 saturated carbocycles. The van der Waals surface area contributed by atoms with Gasteiger partial charge < -0.3 is 4.74 Å². The normalized spacial score (nSPS) is 10.4. The molecule has 0 aromatic rings. The van der Waals surface area contributed by atoms with Crippen molar-refractivity contribution in [2.75, 3.05) is 6.61 Å². The molecule has 0 aliphatic carbocycles. The van der Waals surface area contributed by atoms with Crippen molar-refractivity contribution in [2.45, 2.75) is 52.9 Å². The minimum Gasteiger partial charge on any atom is -0.462 e. The quantitative estimate of drug-likeness (QED) is 0.348. The van der Waals surface area contributed by atoms with Crippen LogP contribution in [0.2, 0.25) is 0 Å². The van der Waals surface area contributed by atoms with Gasteiger partial charge in [0, 0.05) is 5.57 Å². The van der Waals surface area contributed by atoms with Crippen molar-refractivity contribution >= 4 is 5.97 Å². The largest absolute Gasteiger partial charge is 0.462 e. The molecule has 0 fully saturated rings. The number of rotatable bonds is 8. The van der Waals surface area contributed by atoms with Gasteiger partial charge in [-0.15, -0.1) is 0 Å². The molecule has 0 unspecified atom stereocenters. The number of esters is 1. The van der Waals surface area contributed by atoms with Crippen LogP contribution in [0.5, 0.6) is 0 Å². The lowest BCUT2D eigenvalue weighted by Gasteiger charge is -2.08. The number of ether oxygens (including phenoxy) is 1. The van der Waals surface area contributed by atoms with Gasteiger partial charge in [-0.3, -0.25) is 0 Å². The SMILES string of the molecule is C=C(CCCCCC)C(=O)OCC(C)C. The Kier molecular flexibility index (Phi) is 8.06. The van der Waals surface area contributed by atoms with E-state index in [0.717, 1.165) is 12.8 Å². The molecule has 0 aliphatic rings. The van der Waals surface area contributed by atoms with E-state index in [1.807, 2.05) is 13.8 Å². The average molecular weight is 212 g/mol. The summed E-state index contributed by atoms with van der Waals surface area (Å²) in [4.78, 5) is 11.4. The minimum atomic E-state index is -0.222. The van der Waals surface area contributed by atoms with Crippen LogP contribution in [-0.2, 0) is 9.53 Å². The molecule has 0 heterocycles. The molecule has 0 N–H and O–H groups in total. The van der Waals surface area contributed by atoms with Gasteiger partial charge in [-0.05, 0) is 18.8 Å². The van der Waals surface area contributed by atoms with Gasteiger partial charge in [0.25, 0.3) is 0 Å². The first-order valence-electron chi connectivity index (χ1n) is 5.92. The predicted octanol–water partition coefficient (Wildman–Crippen LogP) is 3.71. The maximum atomic E-state index is 11.4. The number of unbranched alkanes of at least 4 members (excludes halogenated alkanes) is 3. The third-order valence-electron chi connectivity index (χ3n) is 2.17. The number of carbonyl (C=O) groups is 1. The molecule has 15 heavy (non-hydrogen) atoms. The van der Waals surface area contributed by atoms with Crippen LogP contribution in [0.25, 0.3) is 0 Å². The molecule has 0 radical (unpaired) electrons.